The Hall–Kier alpha value is -1.02. The molecule has 1 fully saturated rings. The Balaban J connectivity index is 2.13. The first-order valence-electron chi connectivity index (χ1n) is 6.79. The molecule has 2 nitrogen and oxygen atoms in total. The Morgan fingerprint density at radius 1 is 1.41 bits per heavy atom. The SMILES string of the molecule is CCC1CCCN(c2ccc(CN)c(C)c2)C1. The molecule has 2 N–H and O–H groups in total. The van der Waals surface area contributed by atoms with Gasteiger partial charge in [-0.15, -0.1) is 0 Å². The van der Waals surface area contributed by atoms with Gasteiger partial charge in [0.15, 0.2) is 0 Å². The number of nitrogens with zero attached hydrogens (tertiary/aromatic N) is 1. The summed E-state index contributed by atoms with van der Waals surface area (Å²) >= 11 is 0. The topological polar surface area (TPSA) is 29.3 Å². The van der Waals surface area contributed by atoms with Gasteiger partial charge in [0.1, 0.15) is 0 Å². The fourth-order valence-corrected chi connectivity index (χ4v) is 2.74. The molecule has 1 aromatic rings. The predicted octanol–water partition coefficient (Wildman–Crippen LogP) is 3.08. The van der Waals surface area contributed by atoms with E-state index in [-0.39, 0.29) is 0 Å². The van der Waals surface area contributed by atoms with E-state index >= 15 is 0 Å². The Kier molecular flexibility index (Phi) is 4.06. The van der Waals surface area contributed by atoms with Crippen LogP contribution in [0.1, 0.15) is 37.3 Å². The number of piperidine rings is 1. The van der Waals surface area contributed by atoms with Crippen LogP contribution >= 0.6 is 0 Å². The van der Waals surface area contributed by atoms with Crippen molar-refractivity contribution < 1.29 is 0 Å². The van der Waals surface area contributed by atoms with Crippen LogP contribution in [-0.4, -0.2) is 13.1 Å². The molecule has 2 rings (SSSR count). The molecule has 1 aliphatic heterocycles. The fourth-order valence-electron chi connectivity index (χ4n) is 2.74. The third kappa shape index (κ3) is 2.81. The summed E-state index contributed by atoms with van der Waals surface area (Å²) < 4.78 is 0. The zero-order chi connectivity index (χ0) is 12.3. The summed E-state index contributed by atoms with van der Waals surface area (Å²) in [4.78, 5) is 2.53. The lowest BCUT2D eigenvalue weighted by Crippen LogP contribution is -2.35. The van der Waals surface area contributed by atoms with E-state index in [0.29, 0.717) is 6.54 Å². The highest BCUT2D eigenvalue weighted by Crippen LogP contribution is 2.26. The average Bonchev–Trinajstić information content (AvgIpc) is 2.38. The molecule has 0 aromatic heterocycles. The van der Waals surface area contributed by atoms with Gasteiger partial charge >= 0.3 is 0 Å². The first-order valence-corrected chi connectivity index (χ1v) is 6.79. The van der Waals surface area contributed by atoms with E-state index in [2.05, 4.69) is 36.9 Å². The van der Waals surface area contributed by atoms with Gasteiger partial charge in [0.2, 0.25) is 0 Å². The second-order valence-corrected chi connectivity index (χ2v) is 5.18. The smallest absolute Gasteiger partial charge is 0.0369 e. The molecule has 0 spiro atoms. The van der Waals surface area contributed by atoms with E-state index in [1.165, 1.54) is 49.2 Å². The maximum atomic E-state index is 5.71. The summed E-state index contributed by atoms with van der Waals surface area (Å²) in [5.41, 5.74) is 9.67. The molecule has 1 aliphatic rings. The number of rotatable bonds is 3. The standard InChI is InChI=1S/C15H24N2/c1-3-13-5-4-8-17(11-13)15-7-6-14(10-16)12(2)9-15/h6-7,9,13H,3-5,8,10-11,16H2,1-2H3. The van der Waals surface area contributed by atoms with E-state index in [9.17, 15) is 0 Å². The fraction of sp³-hybridized carbons (Fsp3) is 0.600. The Morgan fingerprint density at radius 2 is 2.24 bits per heavy atom. The molecule has 94 valence electrons. The highest BCUT2D eigenvalue weighted by molar-refractivity contribution is 5.51. The zero-order valence-corrected chi connectivity index (χ0v) is 11.1. The van der Waals surface area contributed by atoms with Crippen LogP contribution < -0.4 is 10.6 Å². The molecule has 0 bridgehead atoms. The van der Waals surface area contributed by atoms with E-state index in [1.807, 2.05) is 0 Å². The van der Waals surface area contributed by atoms with Crippen molar-refractivity contribution >= 4 is 5.69 Å². The van der Waals surface area contributed by atoms with Gasteiger partial charge in [0, 0.05) is 25.3 Å². The summed E-state index contributed by atoms with van der Waals surface area (Å²) in [6, 6.07) is 6.70. The molecule has 1 unspecified atom stereocenters. The number of nitrogens with two attached hydrogens (primary N) is 1. The van der Waals surface area contributed by atoms with Crippen molar-refractivity contribution in [2.45, 2.75) is 39.7 Å². The van der Waals surface area contributed by atoms with Crippen LogP contribution in [0.3, 0.4) is 0 Å². The van der Waals surface area contributed by atoms with Gasteiger partial charge in [-0.3, -0.25) is 0 Å². The van der Waals surface area contributed by atoms with E-state index in [4.69, 9.17) is 5.73 Å². The van der Waals surface area contributed by atoms with Crippen LogP contribution in [0.15, 0.2) is 18.2 Å². The minimum Gasteiger partial charge on any atom is -0.371 e. The Bertz CT molecular complexity index is 373. The van der Waals surface area contributed by atoms with Gasteiger partial charge in [-0.25, -0.2) is 0 Å². The van der Waals surface area contributed by atoms with Gasteiger partial charge < -0.3 is 10.6 Å². The maximum absolute atomic E-state index is 5.71. The third-order valence-corrected chi connectivity index (χ3v) is 4.01. The van der Waals surface area contributed by atoms with E-state index in [0.717, 1.165) is 5.92 Å². The maximum Gasteiger partial charge on any atom is 0.0369 e. The van der Waals surface area contributed by atoms with Crippen LogP contribution in [-0.2, 0) is 6.54 Å². The van der Waals surface area contributed by atoms with Gasteiger partial charge in [-0.1, -0.05) is 19.4 Å². The molecular weight excluding hydrogens is 208 g/mol. The summed E-state index contributed by atoms with van der Waals surface area (Å²) in [5, 5.41) is 0. The Morgan fingerprint density at radius 3 is 2.88 bits per heavy atom. The second-order valence-electron chi connectivity index (χ2n) is 5.18. The lowest BCUT2D eigenvalue weighted by Gasteiger charge is -2.34. The quantitative estimate of drug-likeness (QED) is 0.867. The summed E-state index contributed by atoms with van der Waals surface area (Å²) in [7, 11) is 0. The van der Waals surface area contributed by atoms with Crippen LogP contribution in [0.25, 0.3) is 0 Å². The molecule has 1 saturated heterocycles. The number of aryl methyl sites for hydroxylation is 1. The molecule has 0 radical (unpaired) electrons. The van der Waals surface area contributed by atoms with Crippen LogP contribution in [0.4, 0.5) is 5.69 Å². The minimum atomic E-state index is 0.643. The molecule has 1 atom stereocenters. The summed E-state index contributed by atoms with van der Waals surface area (Å²) in [5.74, 6) is 0.873. The number of anilines is 1. The van der Waals surface area contributed by atoms with Crippen LogP contribution in [0.5, 0.6) is 0 Å². The van der Waals surface area contributed by atoms with Crippen LogP contribution in [0.2, 0.25) is 0 Å². The number of benzene rings is 1. The largest absolute Gasteiger partial charge is 0.371 e. The first kappa shape index (κ1) is 12.4. The second kappa shape index (κ2) is 5.54. The third-order valence-electron chi connectivity index (χ3n) is 4.01. The monoisotopic (exact) mass is 232 g/mol. The molecule has 0 aliphatic carbocycles. The average molecular weight is 232 g/mol. The minimum absolute atomic E-state index is 0.643. The zero-order valence-electron chi connectivity index (χ0n) is 11.1. The van der Waals surface area contributed by atoms with E-state index < -0.39 is 0 Å². The van der Waals surface area contributed by atoms with Crippen molar-refractivity contribution in [3.63, 3.8) is 0 Å². The highest BCUT2D eigenvalue weighted by Gasteiger charge is 2.18. The van der Waals surface area contributed by atoms with Crippen molar-refractivity contribution in [3.8, 4) is 0 Å². The summed E-state index contributed by atoms with van der Waals surface area (Å²) in [6.07, 6.45) is 4.03. The summed E-state index contributed by atoms with van der Waals surface area (Å²) in [6.45, 7) is 7.53. The van der Waals surface area contributed by atoms with Crippen LogP contribution in [0, 0.1) is 12.8 Å². The van der Waals surface area contributed by atoms with E-state index in [1.54, 1.807) is 0 Å². The highest BCUT2D eigenvalue weighted by atomic mass is 15.1. The lowest BCUT2D eigenvalue weighted by atomic mass is 9.95. The number of hydrogen-bond donors (Lipinski definition) is 1. The van der Waals surface area contributed by atoms with Crippen molar-refractivity contribution in [3.05, 3.63) is 29.3 Å². The van der Waals surface area contributed by atoms with Gasteiger partial charge in [-0.05, 0) is 48.9 Å². The molecule has 2 heteroatoms. The van der Waals surface area contributed by atoms with Gasteiger partial charge in [0.25, 0.3) is 0 Å². The molecule has 0 saturated carbocycles. The van der Waals surface area contributed by atoms with Crippen molar-refractivity contribution in [1.82, 2.24) is 0 Å². The van der Waals surface area contributed by atoms with Gasteiger partial charge in [0.05, 0.1) is 0 Å². The van der Waals surface area contributed by atoms with Gasteiger partial charge in [-0.2, -0.15) is 0 Å². The molecule has 17 heavy (non-hydrogen) atoms. The lowest BCUT2D eigenvalue weighted by molar-refractivity contribution is 0.404. The Labute approximate surface area is 105 Å². The first-order chi connectivity index (χ1) is 8.24. The van der Waals surface area contributed by atoms with Crippen molar-refractivity contribution in [2.75, 3.05) is 18.0 Å². The molecular formula is C15H24N2. The molecule has 1 heterocycles. The molecule has 0 amide bonds. The van der Waals surface area contributed by atoms with Crippen molar-refractivity contribution in [2.24, 2.45) is 11.7 Å². The van der Waals surface area contributed by atoms with Crippen molar-refractivity contribution in [1.29, 1.82) is 0 Å². The number of hydrogen-bond acceptors (Lipinski definition) is 2. The normalized spacial score (nSPS) is 20.6. The predicted molar refractivity (Wildman–Crippen MR) is 74.3 cm³/mol. The molecule has 1 aromatic carbocycles.